The van der Waals surface area contributed by atoms with Gasteiger partial charge in [0.15, 0.2) is 0 Å². The van der Waals surface area contributed by atoms with E-state index < -0.39 is 40.3 Å². The lowest BCUT2D eigenvalue weighted by atomic mass is 10.1. The van der Waals surface area contributed by atoms with Crippen molar-refractivity contribution in [2.75, 3.05) is 13.6 Å². The van der Waals surface area contributed by atoms with Crippen molar-refractivity contribution in [2.45, 2.75) is 30.8 Å². The highest BCUT2D eigenvalue weighted by Crippen LogP contribution is 2.30. The second-order valence-electron chi connectivity index (χ2n) is 7.11. The summed E-state index contributed by atoms with van der Waals surface area (Å²) in [4.78, 5) is 39.6. The van der Waals surface area contributed by atoms with Crippen LogP contribution in [0.4, 0.5) is 0 Å². The maximum absolute atomic E-state index is 13.3. The highest BCUT2D eigenvalue weighted by atomic mass is 35.5. The predicted molar refractivity (Wildman–Crippen MR) is 120 cm³/mol. The van der Waals surface area contributed by atoms with E-state index in [1.807, 2.05) is 0 Å². The predicted octanol–water partition coefficient (Wildman–Crippen LogP) is 2.69. The van der Waals surface area contributed by atoms with Gasteiger partial charge in [-0.25, -0.2) is 12.7 Å². The van der Waals surface area contributed by atoms with Gasteiger partial charge in [0, 0.05) is 23.6 Å². The Morgan fingerprint density at radius 3 is 2.44 bits per heavy atom. The fraction of sp³-hybridized carbons (Fsp3) is 0.286. The van der Waals surface area contributed by atoms with Crippen molar-refractivity contribution in [3.05, 3.63) is 63.6 Å². The van der Waals surface area contributed by atoms with E-state index in [0.717, 1.165) is 0 Å². The molecule has 0 unspecified atom stereocenters. The third-order valence-electron chi connectivity index (χ3n) is 5.18. The van der Waals surface area contributed by atoms with Crippen LogP contribution in [0.5, 0.6) is 0 Å². The first kappa shape index (κ1) is 24.0. The summed E-state index contributed by atoms with van der Waals surface area (Å²) in [5.41, 5.74) is 0.525. The van der Waals surface area contributed by atoms with E-state index in [2.05, 4.69) is 5.32 Å². The Bertz CT molecular complexity index is 1190. The van der Waals surface area contributed by atoms with Gasteiger partial charge in [-0.3, -0.25) is 14.4 Å². The minimum atomic E-state index is -4.18. The number of fused-ring (bicyclic) bond motifs is 1. The van der Waals surface area contributed by atoms with Crippen LogP contribution in [0.15, 0.2) is 47.4 Å². The fourth-order valence-corrected chi connectivity index (χ4v) is 5.51. The number of rotatable bonds is 7. The van der Waals surface area contributed by atoms with Crippen molar-refractivity contribution in [3.63, 3.8) is 0 Å². The van der Waals surface area contributed by atoms with Gasteiger partial charge in [0.05, 0.1) is 5.56 Å². The maximum Gasteiger partial charge on any atom is 0.269 e. The molecule has 0 saturated heterocycles. The smallest absolute Gasteiger partial charge is 0.269 e. The molecule has 0 aromatic heterocycles. The van der Waals surface area contributed by atoms with Crippen LogP contribution in [0, 0.1) is 0 Å². The quantitative estimate of drug-likeness (QED) is 0.633. The van der Waals surface area contributed by atoms with E-state index in [-0.39, 0.29) is 23.4 Å². The number of benzene rings is 2. The summed E-state index contributed by atoms with van der Waals surface area (Å²) in [6, 6.07) is 9.58. The first-order valence-corrected chi connectivity index (χ1v) is 11.9. The molecule has 3 rings (SSSR count). The zero-order valence-electron chi connectivity index (χ0n) is 17.3. The number of likely N-dealkylation sites (N-methyl/N-ethyl adjacent to an activating group) is 1. The number of carbonyl (C=O) groups excluding carboxylic acids is 3. The van der Waals surface area contributed by atoms with Crippen LogP contribution in [0.25, 0.3) is 0 Å². The molecule has 0 spiro atoms. The van der Waals surface area contributed by atoms with Gasteiger partial charge in [-0.2, -0.15) is 0 Å². The monoisotopic (exact) mass is 497 g/mol. The van der Waals surface area contributed by atoms with Crippen LogP contribution in [0.2, 0.25) is 10.0 Å². The van der Waals surface area contributed by atoms with Crippen LogP contribution < -0.4 is 5.32 Å². The number of hydrogen-bond donors (Lipinski definition) is 1. The van der Waals surface area contributed by atoms with Crippen molar-refractivity contribution in [1.82, 2.24) is 14.5 Å². The van der Waals surface area contributed by atoms with Gasteiger partial charge in [0.25, 0.3) is 15.9 Å². The van der Waals surface area contributed by atoms with Crippen molar-refractivity contribution in [2.24, 2.45) is 0 Å². The molecule has 1 aliphatic heterocycles. The summed E-state index contributed by atoms with van der Waals surface area (Å²) in [5.74, 6) is -1.92. The van der Waals surface area contributed by atoms with Crippen molar-refractivity contribution in [3.8, 4) is 0 Å². The molecule has 1 aliphatic rings. The summed E-state index contributed by atoms with van der Waals surface area (Å²) in [6.07, 6.45) is 0.261. The Morgan fingerprint density at radius 2 is 1.84 bits per heavy atom. The Balaban J connectivity index is 1.95. The molecule has 0 aliphatic carbocycles. The summed E-state index contributed by atoms with van der Waals surface area (Å²) in [6.45, 7) is 0.904. The lowest BCUT2D eigenvalue weighted by Gasteiger charge is -2.31. The lowest BCUT2D eigenvalue weighted by molar-refractivity contribution is -0.141. The van der Waals surface area contributed by atoms with E-state index in [4.69, 9.17) is 23.2 Å². The molecule has 1 N–H and O–H groups in total. The fourth-order valence-electron chi connectivity index (χ4n) is 3.52. The molecule has 2 aromatic rings. The van der Waals surface area contributed by atoms with Crippen LogP contribution in [-0.4, -0.2) is 55.0 Å². The van der Waals surface area contributed by atoms with E-state index in [9.17, 15) is 22.8 Å². The van der Waals surface area contributed by atoms with Crippen LogP contribution >= 0.6 is 23.2 Å². The lowest BCUT2D eigenvalue weighted by Crippen LogP contribution is -2.51. The van der Waals surface area contributed by atoms with Gasteiger partial charge >= 0.3 is 0 Å². The van der Waals surface area contributed by atoms with E-state index >= 15 is 0 Å². The van der Waals surface area contributed by atoms with Crippen LogP contribution in [0.3, 0.4) is 0 Å². The number of sulfonamides is 1. The average Bonchev–Trinajstić information content (AvgIpc) is 2.95. The SMILES string of the molecule is CC[C@@H](C(=O)NC)N(Cc1ccc(Cl)cc1Cl)C(=O)CN1C(=O)c2ccccc2S1(=O)=O. The first-order chi connectivity index (χ1) is 15.1. The summed E-state index contributed by atoms with van der Waals surface area (Å²) >= 11 is 12.2. The molecule has 170 valence electrons. The second-order valence-corrected chi connectivity index (χ2v) is 9.78. The number of nitrogens with zero attached hydrogens (tertiary/aromatic N) is 2. The normalized spacial score (nSPS) is 15.2. The molecular formula is C21H21Cl2N3O5S. The molecule has 2 aromatic carbocycles. The summed E-state index contributed by atoms with van der Waals surface area (Å²) < 4.78 is 26.2. The highest BCUT2D eigenvalue weighted by molar-refractivity contribution is 7.90. The van der Waals surface area contributed by atoms with E-state index in [0.29, 0.717) is 19.9 Å². The molecule has 3 amide bonds. The molecule has 0 radical (unpaired) electrons. The van der Waals surface area contributed by atoms with Gasteiger partial charge in [-0.05, 0) is 36.2 Å². The molecule has 0 saturated carbocycles. The Labute approximate surface area is 196 Å². The third kappa shape index (κ3) is 4.46. The third-order valence-corrected chi connectivity index (χ3v) is 7.55. The Hall–Kier alpha value is -2.62. The standard InChI is InChI=1S/C21H21Cl2N3O5S/c1-3-17(20(28)24-2)25(11-13-8-9-14(22)10-16(13)23)19(27)12-26-21(29)15-6-4-5-7-18(15)32(26,30)31/h4-10,17H,3,11-12H2,1-2H3,(H,24,28)/t17-/m0/s1. The van der Waals surface area contributed by atoms with Gasteiger partial charge in [-0.1, -0.05) is 48.3 Å². The summed E-state index contributed by atoms with van der Waals surface area (Å²) in [5, 5.41) is 3.20. The molecule has 0 fully saturated rings. The van der Waals surface area contributed by atoms with Gasteiger partial charge in [-0.15, -0.1) is 0 Å². The number of amides is 3. The average molecular weight is 498 g/mol. The van der Waals surface area contributed by atoms with Crippen molar-refractivity contribution < 1.29 is 22.8 Å². The van der Waals surface area contributed by atoms with Gasteiger partial charge < -0.3 is 10.2 Å². The molecule has 0 bridgehead atoms. The summed E-state index contributed by atoms with van der Waals surface area (Å²) in [7, 11) is -2.74. The van der Waals surface area contributed by atoms with Gasteiger partial charge in [0.1, 0.15) is 17.5 Å². The highest BCUT2D eigenvalue weighted by Gasteiger charge is 2.43. The number of carbonyl (C=O) groups is 3. The molecule has 8 nitrogen and oxygen atoms in total. The zero-order chi connectivity index (χ0) is 23.6. The number of hydrogen-bond acceptors (Lipinski definition) is 5. The minimum absolute atomic E-state index is 0.00550. The molecule has 11 heteroatoms. The zero-order valence-corrected chi connectivity index (χ0v) is 19.7. The van der Waals surface area contributed by atoms with E-state index in [1.54, 1.807) is 25.1 Å². The number of nitrogens with one attached hydrogen (secondary N) is 1. The Kier molecular flexibility index (Phi) is 7.12. The van der Waals surface area contributed by atoms with Crippen molar-refractivity contribution >= 4 is 50.9 Å². The van der Waals surface area contributed by atoms with Crippen LogP contribution in [-0.2, 0) is 26.2 Å². The molecule has 32 heavy (non-hydrogen) atoms. The van der Waals surface area contributed by atoms with Crippen molar-refractivity contribution in [1.29, 1.82) is 0 Å². The van der Waals surface area contributed by atoms with Crippen LogP contribution in [0.1, 0.15) is 29.3 Å². The second kappa shape index (κ2) is 9.48. The minimum Gasteiger partial charge on any atom is -0.357 e. The molecule has 1 atom stereocenters. The first-order valence-electron chi connectivity index (χ1n) is 9.72. The molecular weight excluding hydrogens is 477 g/mol. The van der Waals surface area contributed by atoms with E-state index in [1.165, 1.54) is 36.2 Å². The molecule has 1 heterocycles. The topological polar surface area (TPSA) is 104 Å². The van der Waals surface area contributed by atoms with Gasteiger partial charge in [0.2, 0.25) is 11.8 Å². The maximum atomic E-state index is 13.3. The number of halogens is 2. The Morgan fingerprint density at radius 1 is 1.16 bits per heavy atom. The largest absolute Gasteiger partial charge is 0.357 e.